The second-order valence-electron chi connectivity index (χ2n) is 11.4. The lowest BCUT2D eigenvalue weighted by Crippen LogP contribution is -2.28. The Bertz CT molecular complexity index is 942. The van der Waals surface area contributed by atoms with E-state index < -0.39 is 13.9 Å². The molecule has 0 radical (unpaired) electrons. The molecule has 0 aliphatic heterocycles. The molecular formula is C38H66NO7P. The van der Waals surface area contributed by atoms with Crippen LogP contribution in [0.3, 0.4) is 0 Å². The Morgan fingerprint density at radius 3 is 1.74 bits per heavy atom. The molecule has 0 aliphatic carbocycles. The fourth-order valence-electron chi connectivity index (χ4n) is 4.29. The maximum atomic E-state index is 12.5. The van der Waals surface area contributed by atoms with E-state index in [1.54, 1.807) is 0 Å². The summed E-state index contributed by atoms with van der Waals surface area (Å²) in [6, 6.07) is 0. The number of hydrogen-bond donors (Lipinski definition) is 2. The van der Waals surface area contributed by atoms with Crippen LogP contribution in [0.25, 0.3) is 0 Å². The molecule has 0 aromatic rings. The van der Waals surface area contributed by atoms with Gasteiger partial charge in [-0.25, -0.2) is 4.57 Å². The predicted molar refractivity (Wildman–Crippen MR) is 196 cm³/mol. The van der Waals surface area contributed by atoms with Crippen LogP contribution in [0.4, 0.5) is 0 Å². The van der Waals surface area contributed by atoms with Gasteiger partial charge in [0, 0.05) is 19.6 Å². The summed E-state index contributed by atoms with van der Waals surface area (Å²) in [6.45, 7) is 4.67. The Kier molecular flexibility index (Phi) is 33.7. The molecule has 9 heteroatoms. The summed E-state index contributed by atoms with van der Waals surface area (Å²) in [4.78, 5) is 22.3. The number of unbranched alkanes of at least 4 members (excludes halogenated alkanes) is 8. The average molecular weight is 680 g/mol. The zero-order valence-corrected chi connectivity index (χ0v) is 30.4. The maximum absolute atomic E-state index is 12.5. The number of carbonyl (C=O) groups is 1. The average Bonchev–Trinajstić information content (AvgIpc) is 3.06. The number of phosphoric ester groups is 1. The van der Waals surface area contributed by atoms with Gasteiger partial charge in [0.15, 0.2) is 0 Å². The highest BCUT2D eigenvalue weighted by molar-refractivity contribution is 7.47. The molecule has 2 unspecified atom stereocenters. The molecule has 0 aromatic carbocycles. The quantitative estimate of drug-likeness (QED) is 0.0305. The molecule has 47 heavy (non-hydrogen) atoms. The van der Waals surface area contributed by atoms with Gasteiger partial charge >= 0.3 is 13.8 Å². The highest BCUT2D eigenvalue weighted by atomic mass is 31.2. The van der Waals surface area contributed by atoms with Crippen LogP contribution in [0.2, 0.25) is 0 Å². The van der Waals surface area contributed by atoms with Crippen molar-refractivity contribution in [2.45, 2.75) is 129 Å². The Hall–Kier alpha value is -2.06. The highest BCUT2D eigenvalue weighted by Crippen LogP contribution is 2.43. The number of phosphoric acid groups is 1. The molecule has 0 aliphatic rings. The van der Waals surface area contributed by atoms with Gasteiger partial charge in [-0.2, -0.15) is 0 Å². The summed E-state index contributed by atoms with van der Waals surface area (Å²) in [5.41, 5.74) is 5.33. The first-order chi connectivity index (χ1) is 22.9. The second kappa shape index (κ2) is 35.3. The number of rotatable bonds is 33. The third kappa shape index (κ3) is 35.1. The van der Waals surface area contributed by atoms with Crippen molar-refractivity contribution in [2.75, 3.05) is 33.0 Å². The number of nitrogens with two attached hydrogens (primary N) is 1. The summed E-state index contributed by atoms with van der Waals surface area (Å²) in [6.07, 6.45) is 42.2. The summed E-state index contributed by atoms with van der Waals surface area (Å²) in [7, 11) is -4.28. The number of allylic oxidation sites excluding steroid dienone is 12. The number of hydrogen-bond acceptors (Lipinski definition) is 7. The zero-order chi connectivity index (χ0) is 34.5. The van der Waals surface area contributed by atoms with Crippen LogP contribution in [0.5, 0.6) is 0 Å². The first-order valence-corrected chi connectivity index (χ1v) is 19.4. The lowest BCUT2D eigenvalue weighted by Gasteiger charge is -2.20. The van der Waals surface area contributed by atoms with Gasteiger partial charge in [0.05, 0.1) is 19.8 Å². The van der Waals surface area contributed by atoms with E-state index >= 15 is 0 Å². The fraction of sp³-hybridized carbons (Fsp3) is 0.658. The molecule has 0 spiro atoms. The SMILES string of the molecule is CC/C=C\C/C=C\C/C=C\C/C=C\C/C=C\C/C=C\CCCCC(=O)OC(COCCCCCCCCC)COP(=O)(O)OCCN. The van der Waals surface area contributed by atoms with Crippen molar-refractivity contribution in [3.8, 4) is 0 Å². The van der Waals surface area contributed by atoms with Gasteiger partial charge in [0.2, 0.25) is 0 Å². The molecule has 0 fully saturated rings. The first kappa shape index (κ1) is 44.9. The van der Waals surface area contributed by atoms with E-state index in [2.05, 4.69) is 86.8 Å². The normalized spacial score (nSPS) is 14.6. The minimum Gasteiger partial charge on any atom is -0.457 e. The standard InChI is InChI=1S/C38H66NO7P/c1-3-5-7-9-11-12-13-14-15-16-17-18-19-20-21-22-23-24-25-27-29-31-38(40)46-37(36-45-47(41,42)44-34-32-39)35-43-33-30-28-26-10-8-6-4-2/h5,7,11-12,14-15,17-18,20-21,23-24,37H,3-4,6,8-10,13,16,19,22,25-36,39H2,1-2H3,(H,41,42)/b7-5-,12-11-,15-14-,18-17-,21-20-,24-23-. The van der Waals surface area contributed by atoms with E-state index in [9.17, 15) is 14.3 Å². The minimum atomic E-state index is -4.28. The van der Waals surface area contributed by atoms with E-state index in [1.165, 1.54) is 32.1 Å². The number of ether oxygens (including phenoxy) is 2. The van der Waals surface area contributed by atoms with E-state index in [0.717, 1.165) is 64.2 Å². The predicted octanol–water partition coefficient (Wildman–Crippen LogP) is 10.0. The largest absolute Gasteiger partial charge is 0.472 e. The highest BCUT2D eigenvalue weighted by Gasteiger charge is 2.25. The van der Waals surface area contributed by atoms with E-state index in [4.69, 9.17) is 24.3 Å². The molecule has 0 aromatic heterocycles. The molecule has 8 nitrogen and oxygen atoms in total. The van der Waals surface area contributed by atoms with Crippen LogP contribution < -0.4 is 5.73 Å². The third-order valence-electron chi connectivity index (χ3n) is 6.89. The Labute approximate surface area is 286 Å². The van der Waals surface area contributed by atoms with E-state index in [1.807, 2.05) is 0 Å². The zero-order valence-electron chi connectivity index (χ0n) is 29.5. The molecule has 0 rings (SSSR count). The van der Waals surface area contributed by atoms with Crippen molar-refractivity contribution >= 4 is 13.8 Å². The van der Waals surface area contributed by atoms with E-state index in [0.29, 0.717) is 13.0 Å². The Morgan fingerprint density at radius 1 is 0.660 bits per heavy atom. The van der Waals surface area contributed by atoms with Crippen molar-refractivity contribution in [1.29, 1.82) is 0 Å². The van der Waals surface area contributed by atoms with Crippen LogP contribution >= 0.6 is 7.82 Å². The molecule has 3 N–H and O–H groups in total. The minimum absolute atomic E-state index is 0.0897. The smallest absolute Gasteiger partial charge is 0.457 e. The molecule has 0 bridgehead atoms. The summed E-state index contributed by atoms with van der Waals surface area (Å²) in [5.74, 6) is -0.378. The van der Waals surface area contributed by atoms with Crippen molar-refractivity contribution in [3.05, 3.63) is 72.9 Å². The maximum Gasteiger partial charge on any atom is 0.472 e. The van der Waals surface area contributed by atoms with Gasteiger partial charge in [0.25, 0.3) is 0 Å². The summed E-state index contributed by atoms with van der Waals surface area (Å²) >= 11 is 0. The van der Waals surface area contributed by atoms with Gasteiger partial charge in [-0.05, 0) is 64.2 Å². The van der Waals surface area contributed by atoms with Gasteiger partial charge in [0.1, 0.15) is 6.10 Å². The van der Waals surface area contributed by atoms with Crippen LogP contribution in [-0.4, -0.2) is 49.9 Å². The van der Waals surface area contributed by atoms with Crippen LogP contribution in [0.1, 0.15) is 123 Å². The number of esters is 1. The van der Waals surface area contributed by atoms with E-state index in [-0.39, 0.29) is 38.8 Å². The third-order valence-corrected chi connectivity index (χ3v) is 7.87. The Morgan fingerprint density at radius 2 is 1.19 bits per heavy atom. The molecular weight excluding hydrogens is 613 g/mol. The van der Waals surface area contributed by atoms with Crippen molar-refractivity contribution in [1.82, 2.24) is 0 Å². The van der Waals surface area contributed by atoms with Gasteiger partial charge < -0.3 is 20.1 Å². The van der Waals surface area contributed by atoms with Crippen molar-refractivity contribution in [3.63, 3.8) is 0 Å². The van der Waals surface area contributed by atoms with Crippen molar-refractivity contribution < 1.29 is 32.8 Å². The van der Waals surface area contributed by atoms with Gasteiger partial charge in [-0.15, -0.1) is 0 Å². The Balaban J connectivity index is 4.16. The van der Waals surface area contributed by atoms with Gasteiger partial charge in [-0.3, -0.25) is 13.8 Å². The molecule has 0 saturated heterocycles. The monoisotopic (exact) mass is 679 g/mol. The summed E-state index contributed by atoms with van der Waals surface area (Å²) in [5, 5.41) is 0. The molecule has 270 valence electrons. The summed E-state index contributed by atoms with van der Waals surface area (Å²) < 4.78 is 33.0. The lowest BCUT2D eigenvalue weighted by molar-refractivity contribution is -0.154. The van der Waals surface area contributed by atoms with Crippen LogP contribution in [0.15, 0.2) is 72.9 Å². The first-order valence-electron chi connectivity index (χ1n) is 17.9. The molecule has 0 heterocycles. The van der Waals surface area contributed by atoms with Crippen LogP contribution in [0, 0.1) is 0 Å². The van der Waals surface area contributed by atoms with Gasteiger partial charge in [-0.1, -0.05) is 125 Å². The number of carbonyl (C=O) groups excluding carboxylic acids is 1. The lowest BCUT2D eigenvalue weighted by atomic mass is 10.1. The molecule has 2 atom stereocenters. The van der Waals surface area contributed by atoms with Crippen molar-refractivity contribution in [2.24, 2.45) is 5.73 Å². The second-order valence-corrected chi connectivity index (χ2v) is 12.8. The van der Waals surface area contributed by atoms with Crippen LogP contribution in [-0.2, 0) is 27.9 Å². The topological polar surface area (TPSA) is 117 Å². The molecule has 0 amide bonds. The fourth-order valence-corrected chi connectivity index (χ4v) is 5.06. The molecule has 0 saturated carbocycles.